The number of nitrogens with one attached hydrogen (secondary N) is 1. The van der Waals surface area contributed by atoms with Gasteiger partial charge in [0.15, 0.2) is 0 Å². The molecule has 0 aliphatic heterocycles. The summed E-state index contributed by atoms with van der Waals surface area (Å²) in [7, 11) is 1.89. The summed E-state index contributed by atoms with van der Waals surface area (Å²) in [4.78, 5) is 13.5. The fourth-order valence-corrected chi connectivity index (χ4v) is 1.72. The fraction of sp³-hybridized carbons (Fsp3) is 0.429. The molecule has 18 heavy (non-hydrogen) atoms. The van der Waals surface area contributed by atoms with E-state index >= 15 is 0 Å². The van der Waals surface area contributed by atoms with Crippen LogP contribution >= 0.6 is 0 Å². The van der Waals surface area contributed by atoms with Crippen LogP contribution in [0.5, 0.6) is 0 Å². The van der Waals surface area contributed by atoms with Crippen LogP contribution in [0.1, 0.15) is 25.0 Å². The molecule has 0 spiro atoms. The van der Waals surface area contributed by atoms with Gasteiger partial charge < -0.3 is 5.32 Å². The van der Waals surface area contributed by atoms with Crippen molar-refractivity contribution in [1.82, 2.24) is 10.2 Å². The van der Waals surface area contributed by atoms with Crippen LogP contribution in [0.25, 0.3) is 0 Å². The predicted molar refractivity (Wildman–Crippen MR) is 70.8 cm³/mol. The number of carbonyl (C=O) groups excluding carboxylic acids is 1. The van der Waals surface area contributed by atoms with Crippen LogP contribution in [-0.2, 0) is 11.3 Å². The van der Waals surface area contributed by atoms with Crippen molar-refractivity contribution >= 4 is 5.91 Å². The second-order valence-corrected chi connectivity index (χ2v) is 4.71. The van der Waals surface area contributed by atoms with Crippen molar-refractivity contribution < 1.29 is 4.79 Å². The number of carbonyl (C=O) groups is 1. The maximum atomic E-state index is 11.6. The maximum Gasteiger partial charge on any atom is 0.234 e. The van der Waals surface area contributed by atoms with Gasteiger partial charge in [0.2, 0.25) is 5.91 Å². The van der Waals surface area contributed by atoms with Gasteiger partial charge in [-0.05, 0) is 38.6 Å². The van der Waals surface area contributed by atoms with Crippen molar-refractivity contribution in [2.75, 3.05) is 13.6 Å². The Morgan fingerprint density at radius 2 is 2.22 bits per heavy atom. The predicted octanol–water partition coefficient (Wildman–Crippen LogP) is 1.51. The van der Waals surface area contributed by atoms with Gasteiger partial charge >= 0.3 is 0 Å². The van der Waals surface area contributed by atoms with Crippen LogP contribution in [0.4, 0.5) is 0 Å². The molecule has 0 radical (unpaired) electrons. The first-order valence-corrected chi connectivity index (χ1v) is 5.98. The Kier molecular flexibility index (Phi) is 5.34. The number of rotatable bonds is 5. The van der Waals surface area contributed by atoms with Crippen LogP contribution in [0.3, 0.4) is 0 Å². The third-order valence-corrected chi connectivity index (χ3v) is 2.37. The van der Waals surface area contributed by atoms with Crippen molar-refractivity contribution in [3.63, 3.8) is 0 Å². The van der Waals surface area contributed by atoms with E-state index in [0.717, 1.165) is 5.56 Å². The molecule has 0 atom stereocenters. The zero-order valence-corrected chi connectivity index (χ0v) is 11.1. The molecule has 1 N–H and O–H groups in total. The van der Waals surface area contributed by atoms with Gasteiger partial charge in [-0.1, -0.05) is 12.1 Å². The molecule has 96 valence electrons. The Hall–Kier alpha value is -1.86. The number of likely N-dealkylation sites (N-methyl/N-ethyl adjacent to an activating group) is 1. The summed E-state index contributed by atoms with van der Waals surface area (Å²) in [6, 6.07) is 9.70. The third-order valence-electron chi connectivity index (χ3n) is 2.37. The van der Waals surface area contributed by atoms with E-state index < -0.39 is 0 Å². The average Bonchev–Trinajstić information content (AvgIpc) is 2.27. The van der Waals surface area contributed by atoms with E-state index in [2.05, 4.69) is 11.4 Å². The van der Waals surface area contributed by atoms with Crippen LogP contribution in [0.2, 0.25) is 0 Å². The lowest BCUT2D eigenvalue weighted by Gasteiger charge is -2.17. The summed E-state index contributed by atoms with van der Waals surface area (Å²) < 4.78 is 0. The van der Waals surface area contributed by atoms with Crippen LogP contribution < -0.4 is 5.32 Å². The molecule has 1 rings (SSSR count). The van der Waals surface area contributed by atoms with Gasteiger partial charge in [-0.2, -0.15) is 5.26 Å². The molecule has 0 aliphatic carbocycles. The Bertz CT molecular complexity index is 449. The number of amides is 1. The molecule has 0 saturated carbocycles. The van der Waals surface area contributed by atoms with Crippen molar-refractivity contribution in [3.8, 4) is 6.07 Å². The quantitative estimate of drug-likeness (QED) is 0.855. The van der Waals surface area contributed by atoms with Gasteiger partial charge in [-0.3, -0.25) is 9.69 Å². The number of hydrogen-bond acceptors (Lipinski definition) is 3. The molecular weight excluding hydrogens is 226 g/mol. The Morgan fingerprint density at radius 3 is 2.83 bits per heavy atom. The molecule has 1 aromatic rings. The lowest BCUT2D eigenvalue weighted by Crippen LogP contribution is -2.38. The minimum atomic E-state index is 0.0175. The highest BCUT2D eigenvalue weighted by Gasteiger charge is 2.08. The SMILES string of the molecule is CC(C)NC(=O)CN(C)Cc1cccc(C#N)c1. The smallest absolute Gasteiger partial charge is 0.234 e. The third kappa shape index (κ3) is 4.98. The summed E-state index contributed by atoms with van der Waals surface area (Å²) in [6.07, 6.45) is 0. The van der Waals surface area contributed by atoms with Gasteiger partial charge in [-0.15, -0.1) is 0 Å². The first kappa shape index (κ1) is 14.2. The minimum Gasteiger partial charge on any atom is -0.353 e. The zero-order chi connectivity index (χ0) is 13.5. The lowest BCUT2D eigenvalue weighted by molar-refractivity contribution is -0.122. The van der Waals surface area contributed by atoms with E-state index in [9.17, 15) is 4.79 Å². The molecule has 1 aromatic carbocycles. The highest BCUT2D eigenvalue weighted by atomic mass is 16.2. The Labute approximate surface area is 108 Å². The fourth-order valence-electron chi connectivity index (χ4n) is 1.72. The number of nitriles is 1. The molecule has 0 unspecified atom stereocenters. The molecule has 0 aromatic heterocycles. The lowest BCUT2D eigenvalue weighted by atomic mass is 10.1. The summed E-state index contributed by atoms with van der Waals surface area (Å²) in [6.45, 7) is 4.89. The van der Waals surface area contributed by atoms with E-state index in [4.69, 9.17) is 5.26 Å². The van der Waals surface area contributed by atoms with E-state index in [-0.39, 0.29) is 11.9 Å². The average molecular weight is 245 g/mol. The second kappa shape index (κ2) is 6.77. The molecule has 4 heteroatoms. The van der Waals surface area contributed by atoms with E-state index in [0.29, 0.717) is 18.7 Å². The minimum absolute atomic E-state index is 0.0175. The van der Waals surface area contributed by atoms with Gasteiger partial charge in [0.25, 0.3) is 0 Å². The standard InChI is InChI=1S/C14H19N3O/c1-11(2)16-14(18)10-17(3)9-13-6-4-5-12(7-13)8-15/h4-7,11H,9-10H2,1-3H3,(H,16,18). The van der Waals surface area contributed by atoms with Crippen molar-refractivity contribution in [2.24, 2.45) is 0 Å². The summed E-state index contributed by atoms with van der Waals surface area (Å²) in [5.41, 5.74) is 1.68. The molecule has 0 saturated heterocycles. The second-order valence-electron chi connectivity index (χ2n) is 4.71. The maximum absolute atomic E-state index is 11.6. The van der Waals surface area contributed by atoms with Gasteiger partial charge in [0.1, 0.15) is 0 Å². The number of nitrogens with zero attached hydrogens (tertiary/aromatic N) is 2. The first-order chi connectivity index (χ1) is 8.51. The molecule has 4 nitrogen and oxygen atoms in total. The molecular formula is C14H19N3O. The highest BCUT2D eigenvalue weighted by Crippen LogP contribution is 2.06. The van der Waals surface area contributed by atoms with Gasteiger partial charge in [-0.25, -0.2) is 0 Å². The summed E-state index contributed by atoms with van der Waals surface area (Å²) >= 11 is 0. The Morgan fingerprint density at radius 1 is 1.50 bits per heavy atom. The monoisotopic (exact) mass is 245 g/mol. The first-order valence-electron chi connectivity index (χ1n) is 5.98. The topological polar surface area (TPSA) is 56.1 Å². The van der Waals surface area contributed by atoms with Crippen LogP contribution in [-0.4, -0.2) is 30.4 Å². The molecule has 0 fully saturated rings. The van der Waals surface area contributed by atoms with E-state index in [1.54, 1.807) is 6.07 Å². The van der Waals surface area contributed by atoms with Crippen LogP contribution in [0, 0.1) is 11.3 Å². The van der Waals surface area contributed by atoms with Crippen LogP contribution in [0.15, 0.2) is 24.3 Å². The normalized spacial score (nSPS) is 10.4. The van der Waals surface area contributed by atoms with Gasteiger partial charge in [0.05, 0.1) is 18.2 Å². The zero-order valence-electron chi connectivity index (χ0n) is 11.1. The summed E-state index contributed by atoms with van der Waals surface area (Å²) in [5.74, 6) is 0.0175. The van der Waals surface area contributed by atoms with Gasteiger partial charge in [0, 0.05) is 12.6 Å². The molecule has 0 bridgehead atoms. The van der Waals surface area contributed by atoms with Crippen molar-refractivity contribution in [3.05, 3.63) is 35.4 Å². The number of benzene rings is 1. The molecule has 1 amide bonds. The highest BCUT2D eigenvalue weighted by molar-refractivity contribution is 5.78. The van der Waals surface area contributed by atoms with Crippen molar-refractivity contribution in [2.45, 2.75) is 26.4 Å². The Balaban J connectivity index is 2.51. The van der Waals surface area contributed by atoms with E-state index in [1.807, 2.05) is 44.0 Å². The van der Waals surface area contributed by atoms with Crippen molar-refractivity contribution in [1.29, 1.82) is 5.26 Å². The largest absolute Gasteiger partial charge is 0.353 e. The van der Waals surface area contributed by atoms with E-state index in [1.165, 1.54) is 0 Å². The summed E-state index contributed by atoms with van der Waals surface area (Å²) in [5, 5.41) is 11.7. The molecule has 0 heterocycles. The number of hydrogen-bond donors (Lipinski definition) is 1. The molecule has 0 aliphatic rings.